The molecule has 0 nitrogen and oxygen atoms in total. The van der Waals surface area contributed by atoms with Crippen molar-refractivity contribution in [1.82, 2.24) is 0 Å². The van der Waals surface area contributed by atoms with E-state index in [4.69, 9.17) is 0 Å². The summed E-state index contributed by atoms with van der Waals surface area (Å²) in [6, 6.07) is 13.2. The van der Waals surface area contributed by atoms with Crippen LogP contribution in [0.1, 0.15) is 61.1 Å². The predicted octanol–water partition coefficient (Wildman–Crippen LogP) is 6.56. The van der Waals surface area contributed by atoms with Crippen LogP contribution in [0.4, 0.5) is 0 Å². The molecule has 2 aromatic rings. The fourth-order valence-electron chi connectivity index (χ4n) is 2.21. The van der Waals surface area contributed by atoms with Gasteiger partial charge in [0.15, 0.2) is 0 Å². The van der Waals surface area contributed by atoms with E-state index >= 15 is 0 Å². The molecule has 21 heavy (non-hydrogen) atoms. The van der Waals surface area contributed by atoms with E-state index in [1.807, 2.05) is 27.7 Å². The Morgan fingerprint density at radius 1 is 0.571 bits per heavy atom. The maximum Gasteiger partial charge on any atom is -0.00203 e. The molecule has 0 heterocycles. The number of hydrogen-bond donors (Lipinski definition) is 0. The molecule has 0 fully saturated rings. The molecule has 0 saturated heterocycles. The van der Waals surface area contributed by atoms with Crippen LogP contribution in [0.15, 0.2) is 36.4 Å². The summed E-state index contributed by atoms with van der Waals surface area (Å²) in [6.45, 7) is 16.8. The lowest BCUT2D eigenvalue weighted by atomic mass is 9.93. The van der Waals surface area contributed by atoms with Crippen LogP contribution in [0.5, 0.6) is 0 Å². The Labute approximate surface area is 132 Å². The molecule has 0 N–H and O–H groups in total. The van der Waals surface area contributed by atoms with Crippen molar-refractivity contribution in [2.45, 2.75) is 61.8 Å². The van der Waals surface area contributed by atoms with Gasteiger partial charge in [-0.2, -0.15) is 0 Å². The Balaban J connectivity index is 0.000000921. The fraction of sp³-hybridized carbons (Fsp3) is 0.429. The van der Waals surface area contributed by atoms with E-state index < -0.39 is 0 Å². The molecule has 0 aliphatic rings. The molecule has 0 heteroatoms. The lowest BCUT2D eigenvalue weighted by Crippen LogP contribution is -1.97. The molecule has 116 valence electrons. The van der Waals surface area contributed by atoms with Crippen molar-refractivity contribution in [3.8, 4) is 0 Å². The zero-order valence-corrected chi connectivity index (χ0v) is 15.2. The van der Waals surface area contributed by atoms with E-state index in [2.05, 4.69) is 64.1 Å². The molecule has 0 amide bonds. The zero-order valence-electron chi connectivity index (χ0n) is 15.2. The van der Waals surface area contributed by atoms with Crippen molar-refractivity contribution in [1.29, 1.82) is 0 Å². The first kappa shape index (κ1) is 19.4. The van der Waals surface area contributed by atoms with E-state index in [1.165, 1.54) is 33.4 Å². The van der Waals surface area contributed by atoms with Crippen LogP contribution in [-0.4, -0.2) is 0 Å². The molecule has 2 aromatic carbocycles. The van der Waals surface area contributed by atoms with Crippen LogP contribution < -0.4 is 0 Å². The van der Waals surface area contributed by atoms with E-state index in [-0.39, 0.29) is 0 Å². The molecule has 0 atom stereocenters. The van der Waals surface area contributed by atoms with Gasteiger partial charge in [0.1, 0.15) is 0 Å². The second kappa shape index (κ2) is 10.2. The lowest BCUT2D eigenvalue weighted by molar-refractivity contribution is 1.10. The van der Waals surface area contributed by atoms with Gasteiger partial charge in [0.05, 0.1) is 0 Å². The summed E-state index contributed by atoms with van der Waals surface area (Å²) in [5.74, 6) is 0. The number of rotatable bonds is 2. The van der Waals surface area contributed by atoms with Gasteiger partial charge in [0.25, 0.3) is 0 Å². The van der Waals surface area contributed by atoms with Gasteiger partial charge in [-0.1, -0.05) is 64.1 Å². The smallest absolute Gasteiger partial charge is 0.00203 e. The van der Waals surface area contributed by atoms with Gasteiger partial charge in [0.2, 0.25) is 0 Å². The quantitative estimate of drug-likeness (QED) is 0.585. The fourth-order valence-corrected chi connectivity index (χ4v) is 2.21. The summed E-state index contributed by atoms with van der Waals surface area (Å²) in [4.78, 5) is 0. The molecule has 0 bridgehead atoms. The largest absolute Gasteiger partial charge is 0.0683 e. The molecule has 0 unspecified atom stereocenters. The topological polar surface area (TPSA) is 0 Å². The Morgan fingerprint density at radius 2 is 0.905 bits per heavy atom. The average Bonchev–Trinajstić information content (AvgIpc) is 2.52. The Kier molecular flexibility index (Phi) is 9.45. The summed E-state index contributed by atoms with van der Waals surface area (Å²) in [5.41, 5.74) is 8.50. The van der Waals surface area contributed by atoms with Crippen LogP contribution >= 0.6 is 0 Å². The van der Waals surface area contributed by atoms with Crippen LogP contribution in [0.2, 0.25) is 0 Å². The molecule has 0 aliphatic carbocycles. The van der Waals surface area contributed by atoms with Crippen molar-refractivity contribution in [2.75, 3.05) is 0 Å². The molecule has 0 saturated carbocycles. The minimum Gasteiger partial charge on any atom is -0.0683 e. The third kappa shape index (κ3) is 5.38. The van der Waals surface area contributed by atoms with Gasteiger partial charge in [-0.15, -0.1) is 0 Å². The molecule has 0 aromatic heterocycles. The lowest BCUT2D eigenvalue weighted by Gasteiger charge is -2.12. The maximum absolute atomic E-state index is 2.24. The minimum absolute atomic E-state index is 1.04. The number of benzene rings is 2. The standard InChI is InChI=1S/C17H20.2C2H6/c1-12-7-5-9-16(14(12)3)11-17-10-6-8-13(2)15(17)4;2*1-2/h5-10H,11H2,1-4H3;2*1-2H3. The normalized spacial score (nSPS) is 9.14. The summed E-state index contributed by atoms with van der Waals surface area (Å²) >= 11 is 0. The summed E-state index contributed by atoms with van der Waals surface area (Å²) in [5, 5.41) is 0. The number of aryl methyl sites for hydroxylation is 2. The van der Waals surface area contributed by atoms with Gasteiger partial charge < -0.3 is 0 Å². The minimum atomic E-state index is 1.04. The summed E-state index contributed by atoms with van der Waals surface area (Å²) < 4.78 is 0. The summed E-state index contributed by atoms with van der Waals surface area (Å²) in [6.07, 6.45) is 1.04. The maximum atomic E-state index is 2.24. The van der Waals surface area contributed by atoms with Gasteiger partial charge in [-0.3, -0.25) is 0 Å². The van der Waals surface area contributed by atoms with Crippen LogP contribution in [0.25, 0.3) is 0 Å². The molecule has 0 aliphatic heterocycles. The highest BCUT2D eigenvalue weighted by atomic mass is 14.1. The summed E-state index contributed by atoms with van der Waals surface area (Å²) in [7, 11) is 0. The first-order valence-corrected chi connectivity index (χ1v) is 8.20. The molecule has 0 spiro atoms. The average molecular weight is 284 g/mol. The SMILES string of the molecule is CC.CC.Cc1cccc(Cc2cccc(C)c2C)c1C. The van der Waals surface area contributed by atoms with E-state index in [0.717, 1.165) is 6.42 Å². The molecule has 0 radical (unpaired) electrons. The highest BCUT2D eigenvalue weighted by Gasteiger charge is 2.05. The molecular formula is C21H32. The third-order valence-corrected chi connectivity index (χ3v) is 3.81. The van der Waals surface area contributed by atoms with Gasteiger partial charge in [0, 0.05) is 0 Å². The number of hydrogen-bond acceptors (Lipinski definition) is 0. The van der Waals surface area contributed by atoms with Crippen LogP contribution in [0.3, 0.4) is 0 Å². The highest BCUT2D eigenvalue weighted by molar-refractivity contribution is 5.41. The van der Waals surface area contributed by atoms with Crippen molar-refractivity contribution in [2.24, 2.45) is 0 Å². The van der Waals surface area contributed by atoms with E-state index in [9.17, 15) is 0 Å². The third-order valence-electron chi connectivity index (χ3n) is 3.81. The Bertz CT molecular complexity index is 486. The van der Waals surface area contributed by atoms with Gasteiger partial charge in [-0.25, -0.2) is 0 Å². The van der Waals surface area contributed by atoms with Crippen molar-refractivity contribution < 1.29 is 0 Å². The van der Waals surface area contributed by atoms with Crippen LogP contribution in [0, 0.1) is 27.7 Å². The monoisotopic (exact) mass is 284 g/mol. The first-order chi connectivity index (χ1) is 10.1. The van der Waals surface area contributed by atoms with Gasteiger partial charge in [-0.05, 0) is 67.5 Å². The molecule has 2 rings (SSSR count). The van der Waals surface area contributed by atoms with Crippen molar-refractivity contribution in [3.63, 3.8) is 0 Å². The predicted molar refractivity (Wildman–Crippen MR) is 97.3 cm³/mol. The molecular weight excluding hydrogens is 252 g/mol. The van der Waals surface area contributed by atoms with Gasteiger partial charge >= 0.3 is 0 Å². The van der Waals surface area contributed by atoms with Crippen LogP contribution in [-0.2, 0) is 6.42 Å². The second-order valence-corrected chi connectivity index (χ2v) is 4.89. The second-order valence-electron chi connectivity index (χ2n) is 4.89. The Hall–Kier alpha value is -1.56. The van der Waals surface area contributed by atoms with Crippen molar-refractivity contribution >= 4 is 0 Å². The highest BCUT2D eigenvalue weighted by Crippen LogP contribution is 2.20. The zero-order chi connectivity index (χ0) is 16.4. The van der Waals surface area contributed by atoms with Crippen molar-refractivity contribution in [3.05, 3.63) is 69.8 Å². The Morgan fingerprint density at radius 3 is 1.24 bits per heavy atom. The first-order valence-electron chi connectivity index (χ1n) is 8.20. The van der Waals surface area contributed by atoms with E-state index in [1.54, 1.807) is 0 Å². The van der Waals surface area contributed by atoms with E-state index in [0.29, 0.717) is 0 Å².